The highest BCUT2D eigenvalue weighted by Crippen LogP contribution is 2.14. The van der Waals surface area contributed by atoms with Gasteiger partial charge in [-0.2, -0.15) is 5.10 Å². The van der Waals surface area contributed by atoms with Crippen molar-refractivity contribution in [3.63, 3.8) is 0 Å². The second kappa shape index (κ2) is 4.82. The number of rotatable bonds is 4. The van der Waals surface area contributed by atoms with Crippen LogP contribution < -0.4 is 5.73 Å². The predicted octanol–water partition coefficient (Wildman–Crippen LogP) is 1.17. The number of carbonyl (C=O) groups is 1. The molecular formula is C10H18N4O. The van der Waals surface area contributed by atoms with Crippen molar-refractivity contribution in [2.24, 2.45) is 0 Å². The number of anilines is 1. The van der Waals surface area contributed by atoms with Gasteiger partial charge in [-0.1, -0.05) is 13.3 Å². The molecule has 0 saturated carbocycles. The van der Waals surface area contributed by atoms with Gasteiger partial charge in [-0.15, -0.1) is 0 Å². The second-order valence-electron chi connectivity index (χ2n) is 3.69. The van der Waals surface area contributed by atoms with E-state index in [-0.39, 0.29) is 5.91 Å². The van der Waals surface area contributed by atoms with Crippen LogP contribution in [0, 0.1) is 6.92 Å². The van der Waals surface area contributed by atoms with Crippen LogP contribution in [0.5, 0.6) is 0 Å². The molecule has 0 aliphatic rings. The van der Waals surface area contributed by atoms with Gasteiger partial charge in [0.2, 0.25) is 0 Å². The molecule has 5 heteroatoms. The third kappa shape index (κ3) is 2.49. The molecule has 1 rings (SSSR count). The Hall–Kier alpha value is -1.52. The summed E-state index contributed by atoms with van der Waals surface area (Å²) in [6, 6.07) is 0. The number of aromatic nitrogens is 2. The van der Waals surface area contributed by atoms with E-state index < -0.39 is 0 Å². The lowest BCUT2D eigenvalue weighted by Gasteiger charge is -2.15. The summed E-state index contributed by atoms with van der Waals surface area (Å²) in [5.41, 5.74) is 7.24. The minimum atomic E-state index is -0.120. The molecule has 0 aliphatic carbocycles. The van der Waals surface area contributed by atoms with Gasteiger partial charge in [0.1, 0.15) is 0 Å². The second-order valence-corrected chi connectivity index (χ2v) is 3.69. The Kier molecular flexibility index (Phi) is 3.71. The van der Waals surface area contributed by atoms with E-state index in [4.69, 9.17) is 5.73 Å². The number of nitrogens with zero attached hydrogens (tertiary/aromatic N) is 2. The van der Waals surface area contributed by atoms with E-state index in [9.17, 15) is 4.79 Å². The summed E-state index contributed by atoms with van der Waals surface area (Å²) in [5.74, 6) is -0.120. The molecule has 1 heterocycles. The third-order valence-corrected chi connectivity index (χ3v) is 2.39. The average Bonchev–Trinajstić information content (AvgIpc) is 2.55. The molecule has 0 spiro atoms. The normalized spacial score (nSPS) is 10.3. The first-order valence-corrected chi connectivity index (χ1v) is 5.13. The zero-order valence-corrected chi connectivity index (χ0v) is 9.50. The Morgan fingerprint density at radius 2 is 2.27 bits per heavy atom. The molecule has 0 aliphatic heterocycles. The average molecular weight is 210 g/mol. The maximum Gasteiger partial charge on any atom is 0.276 e. The lowest BCUT2D eigenvalue weighted by Crippen LogP contribution is -2.28. The summed E-state index contributed by atoms with van der Waals surface area (Å²) >= 11 is 0. The number of nitrogens with one attached hydrogen (secondary N) is 1. The van der Waals surface area contributed by atoms with E-state index in [1.807, 2.05) is 0 Å². The molecule has 3 N–H and O–H groups in total. The molecule has 1 aromatic rings. The lowest BCUT2D eigenvalue weighted by molar-refractivity contribution is 0.0788. The topological polar surface area (TPSA) is 75.0 Å². The van der Waals surface area contributed by atoms with Crippen LogP contribution in [0.25, 0.3) is 0 Å². The summed E-state index contributed by atoms with van der Waals surface area (Å²) in [6.07, 6.45) is 2.05. The number of hydrogen-bond acceptors (Lipinski definition) is 3. The molecule has 0 saturated heterocycles. The summed E-state index contributed by atoms with van der Waals surface area (Å²) in [5, 5.41) is 6.61. The van der Waals surface area contributed by atoms with Crippen LogP contribution in [-0.2, 0) is 0 Å². The van der Waals surface area contributed by atoms with Gasteiger partial charge >= 0.3 is 0 Å². The quantitative estimate of drug-likeness (QED) is 0.783. The van der Waals surface area contributed by atoms with Crippen molar-refractivity contribution in [2.75, 3.05) is 19.3 Å². The van der Waals surface area contributed by atoms with Crippen molar-refractivity contribution >= 4 is 11.6 Å². The number of unbranched alkanes of at least 4 members (excludes halogenated alkanes) is 1. The molecule has 1 aromatic heterocycles. The largest absolute Gasteiger partial charge is 0.395 e. The van der Waals surface area contributed by atoms with Crippen LogP contribution in [0.3, 0.4) is 0 Å². The number of nitrogens with two attached hydrogens (primary N) is 1. The fraction of sp³-hybridized carbons (Fsp3) is 0.600. The molecule has 0 aromatic carbocycles. The standard InChI is InChI=1S/C10H18N4O/c1-4-5-6-14(3)10(15)9-8(11)7(2)12-13-9/h4-6,11H2,1-3H3,(H,12,13). The van der Waals surface area contributed by atoms with Crippen molar-refractivity contribution < 1.29 is 4.79 Å². The van der Waals surface area contributed by atoms with E-state index >= 15 is 0 Å². The molecular weight excluding hydrogens is 192 g/mol. The minimum Gasteiger partial charge on any atom is -0.395 e. The van der Waals surface area contributed by atoms with Gasteiger partial charge in [-0.25, -0.2) is 0 Å². The van der Waals surface area contributed by atoms with Crippen LogP contribution in [-0.4, -0.2) is 34.6 Å². The highest BCUT2D eigenvalue weighted by atomic mass is 16.2. The van der Waals surface area contributed by atoms with Crippen molar-refractivity contribution in [2.45, 2.75) is 26.7 Å². The molecule has 0 atom stereocenters. The van der Waals surface area contributed by atoms with Crippen LogP contribution in [0.1, 0.15) is 35.9 Å². The van der Waals surface area contributed by atoms with E-state index in [2.05, 4.69) is 17.1 Å². The first kappa shape index (κ1) is 11.6. The Balaban J connectivity index is 2.72. The predicted molar refractivity (Wildman–Crippen MR) is 59.6 cm³/mol. The summed E-state index contributed by atoms with van der Waals surface area (Å²) in [4.78, 5) is 13.5. The summed E-state index contributed by atoms with van der Waals surface area (Å²) in [7, 11) is 1.77. The van der Waals surface area contributed by atoms with Gasteiger partial charge in [0.25, 0.3) is 5.91 Å². The molecule has 1 amide bonds. The number of aromatic amines is 1. The van der Waals surface area contributed by atoms with Crippen LogP contribution in [0.15, 0.2) is 0 Å². The van der Waals surface area contributed by atoms with Gasteiger partial charge < -0.3 is 10.6 Å². The molecule has 0 bridgehead atoms. The fourth-order valence-corrected chi connectivity index (χ4v) is 1.28. The van der Waals surface area contributed by atoms with Gasteiger partial charge in [-0.3, -0.25) is 9.89 Å². The van der Waals surface area contributed by atoms with Crippen molar-refractivity contribution in [3.05, 3.63) is 11.4 Å². The third-order valence-electron chi connectivity index (χ3n) is 2.39. The Morgan fingerprint density at radius 1 is 1.60 bits per heavy atom. The lowest BCUT2D eigenvalue weighted by atomic mass is 10.2. The maximum absolute atomic E-state index is 11.8. The number of amides is 1. The SMILES string of the molecule is CCCCN(C)C(=O)c1n[nH]c(C)c1N. The first-order valence-electron chi connectivity index (χ1n) is 5.13. The summed E-state index contributed by atoms with van der Waals surface area (Å²) in [6.45, 7) is 4.62. The molecule has 15 heavy (non-hydrogen) atoms. The van der Waals surface area contributed by atoms with Crippen LogP contribution in [0.2, 0.25) is 0 Å². The highest BCUT2D eigenvalue weighted by molar-refractivity contribution is 5.97. The molecule has 0 unspecified atom stereocenters. The molecule has 5 nitrogen and oxygen atoms in total. The van der Waals surface area contributed by atoms with Crippen molar-refractivity contribution in [1.29, 1.82) is 0 Å². The van der Waals surface area contributed by atoms with Crippen molar-refractivity contribution in [3.8, 4) is 0 Å². The fourth-order valence-electron chi connectivity index (χ4n) is 1.28. The smallest absolute Gasteiger partial charge is 0.276 e. The molecule has 0 radical (unpaired) electrons. The Labute approximate surface area is 89.6 Å². The number of H-pyrrole nitrogens is 1. The highest BCUT2D eigenvalue weighted by Gasteiger charge is 2.18. The van der Waals surface area contributed by atoms with E-state index in [0.717, 1.165) is 25.1 Å². The van der Waals surface area contributed by atoms with Gasteiger partial charge in [0.05, 0.1) is 11.4 Å². The van der Waals surface area contributed by atoms with Crippen molar-refractivity contribution in [1.82, 2.24) is 15.1 Å². The minimum absolute atomic E-state index is 0.120. The van der Waals surface area contributed by atoms with E-state index in [1.165, 1.54) is 0 Å². The Bertz CT molecular complexity index is 345. The number of carbonyl (C=O) groups excluding carboxylic acids is 1. The van der Waals surface area contributed by atoms with Crippen LogP contribution >= 0.6 is 0 Å². The van der Waals surface area contributed by atoms with Gasteiger partial charge in [-0.05, 0) is 13.3 Å². The van der Waals surface area contributed by atoms with Gasteiger partial charge in [0.15, 0.2) is 5.69 Å². The summed E-state index contributed by atoms with van der Waals surface area (Å²) < 4.78 is 0. The van der Waals surface area contributed by atoms with E-state index in [1.54, 1.807) is 18.9 Å². The van der Waals surface area contributed by atoms with Gasteiger partial charge in [0, 0.05) is 13.6 Å². The zero-order valence-electron chi connectivity index (χ0n) is 9.50. The van der Waals surface area contributed by atoms with Crippen LogP contribution in [0.4, 0.5) is 5.69 Å². The van der Waals surface area contributed by atoms with E-state index in [0.29, 0.717) is 11.4 Å². The maximum atomic E-state index is 11.8. The number of nitrogen functional groups attached to an aromatic ring is 1. The number of hydrogen-bond donors (Lipinski definition) is 2. The Morgan fingerprint density at radius 3 is 2.73 bits per heavy atom. The molecule has 84 valence electrons. The first-order chi connectivity index (χ1) is 7.07. The number of aryl methyl sites for hydroxylation is 1. The molecule has 0 fully saturated rings. The zero-order chi connectivity index (χ0) is 11.4. The monoisotopic (exact) mass is 210 g/mol.